The van der Waals surface area contributed by atoms with Gasteiger partial charge in [-0.2, -0.15) is 0 Å². The number of aliphatic carboxylic acids is 1. The molecule has 0 bridgehead atoms. The van der Waals surface area contributed by atoms with Gasteiger partial charge in [0.25, 0.3) is 0 Å². The van der Waals surface area contributed by atoms with Crippen LogP contribution in [0.3, 0.4) is 0 Å². The third-order valence-electron chi connectivity index (χ3n) is 5.96. The number of nitrogens with one attached hydrogen (secondary N) is 1. The van der Waals surface area contributed by atoms with Gasteiger partial charge < -0.3 is 5.11 Å². The van der Waals surface area contributed by atoms with Crippen molar-refractivity contribution in [1.82, 2.24) is 4.72 Å². The molecular weight excluding hydrogens is 482 g/mol. The van der Waals surface area contributed by atoms with Crippen LogP contribution >= 0.6 is 11.6 Å². The first kappa shape index (κ1) is 26.9. The van der Waals surface area contributed by atoms with Crippen LogP contribution in [0.25, 0.3) is 0 Å². The minimum atomic E-state index is -3.72. The monoisotopic (exact) mass is 513 g/mol. The quantitative estimate of drug-likeness (QED) is 0.239. The topological polar surface area (TPSA) is 83.5 Å². The molecule has 3 aromatic carbocycles. The van der Waals surface area contributed by atoms with Crippen molar-refractivity contribution in [2.75, 3.05) is 0 Å². The van der Waals surface area contributed by atoms with E-state index in [0.717, 1.165) is 36.8 Å². The van der Waals surface area contributed by atoms with Gasteiger partial charge in [0, 0.05) is 17.5 Å². The number of hydrogen-bond donors (Lipinski definition) is 2. The molecule has 0 radical (unpaired) electrons. The molecule has 3 rings (SSSR count). The van der Waals surface area contributed by atoms with Gasteiger partial charge in [-0.25, -0.2) is 13.1 Å². The summed E-state index contributed by atoms with van der Waals surface area (Å²) in [6.07, 6.45) is 6.00. The zero-order valence-electron chi connectivity index (χ0n) is 19.7. The van der Waals surface area contributed by atoms with E-state index >= 15 is 0 Å². The van der Waals surface area contributed by atoms with Gasteiger partial charge in [-0.15, -0.1) is 0 Å². The van der Waals surface area contributed by atoms with E-state index in [9.17, 15) is 13.2 Å². The number of aryl methyl sites for hydroxylation is 2. The van der Waals surface area contributed by atoms with Crippen molar-refractivity contribution >= 4 is 27.6 Å². The van der Waals surface area contributed by atoms with E-state index in [-0.39, 0.29) is 17.4 Å². The highest BCUT2D eigenvalue weighted by atomic mass is 35.5. The third-order valence-corrected chi connectivity index (χ3v) is 7.70. The molecule has 7 heteroatoms. The van der Waals surface area contributed by atoms with Crippen LogP contribution < -0.4 is 4.72 Å². The maximum atomic E-state index is 13.1. The summed E-state index contributed by atoms with van der Waals surface area (Å²) in [6, 6.07) is 23.9. The zero-order chi connectivity index (χ0) is 25.1. The third kappa shape index (κ3) is 9.13. The summed E-state index contributed by atoms with van der Waals surface area (Å²) >= 11 is 5.93. The second-order valence-corrected chi connectivity index (χ2v) is 10.9. The van der Waals surface area contributed by atoms with Crippen LogP contribution in [0, 0.1) is 0 Å². The van der Waals surface area contributed by atoms with Crippen molar-refractivity contribution in [3.63, 3.8) is 0 Å². The lowest BCUT2D eigenvalue weighted by Gasteiger charge is -2.20. The highest BCUT2D eigenvalue weighted by Crippen LogP contribution is 2.25. The van der Waals surface area contributed by atoms with Gasteiger partial charge in [0.15, 0.2) is 0 Å². The number of sulfonamides is 1. The van der Waals surface area contributed by atoms with Crippen LogP contribution in [0.4, 0.5) is 0 Å². The fourth-order valence-corrected chi connectivity index (χ4v) is 5.41. The minimum Gasteiger partial charge on any atom is -0.481 e. The smallest absolute Gasteiger partial charge is 0.303 e. The number of halogens is 1. The largest absolute Gasteiger partial charge is 0.481 e. The van der Waals surface area contributed by atoms with E-state index in [1.807, 2.05) is 42.5 Å². The summed E-state index contributed by atoms with van der Waals surface area (Å²) in [6.45, 7) is 0. The molecule has 0 fully saturated rings. The van der Waals surface area contributed by atoms with Crippen LogP contribution in [-0.2, 0) is 27.7 Å². The Morgan fingerprint density at radius 3 is 2.09 bits per heavy atom. The molecule has 35 heavy (non-hydrogen) atoms. The molecule has 0 aromatic heterocycles. The molecule has 0 spiro atoms. The molecule has 3 aromatic rings. The lowest BCUT2D eigenvalue weighted by Crippen LogP contribution is -2.28. The fraction of sp³-hybridized carbons (Fsp3) is 0.321. The SMILES string of the molecule is O=C(O)CCCc1ccc(C(CCCCCc2ccccc2)NS(=O)(=O)c2ccc(Cl)cc2)cc1. The Hall–Kier alpha value is -2.67. The lowest BCUT2D eigenvalue weighted by atomic mass is 9.98. The second-order valence-electron chi connectivity index (χ2n) is 8.70. The number of hydrogen-bond acceptors (Lipinski definition) is 3. The average molecular weight is 514 g/mol. The van der Waals surface area contributed by atoms with Crippen LogP contribution in [0.2, 0.25) is 5.02 Å². The molecule has 0 amide bonds. The average Bonchev–Trinajstić information content (AvgIpc) is 2.84. The van der Waals surface area contributed by atoms with Crippen LogP contribution in [0.5, 0.6) is 0 Å². The van der Waals surface area contributed by atoms with Gasteiger partial charge in [-0.1, -0.05) is 79.0 Å². The van der Waals surface area contributed by atoms with Crippen molar-refractivity contribution in [3.05, 3.63) is 101 Å². The molecule has 0 heterocycles. The summed E-state index contributed by atoms with van der Waals surface area (Å²) in [4.78, 5) is 10.9. The molecule has 0 aliphatic carbocycles. The minimum absolute atomic E-state index is 0.133. The van der Waals surface area contributed by atoms with E-state index in [0.29, 0.717) is 24.3 Å². The first-order valence-electron chi connectivity index (χ1n) is 12.0. The number of rotatable bonds is 14. The van der Waals surface area contributed by atoms with E-state index in [2.05, 4.69) is 16.9 Å². The van der Waals surface area contributed by atoms with E-state index < -0.39 is 16.0 Å². The van der Waals surface area contributed by atoms with Crippen LogP contribution in [0.1, 0.15) is 61.3 Å². The fourth-order valence-electron chi connectivity index (χ4n) is 4.02. The summed E-state index contributed by atoms with van der Waals surface area (Å²) in [5, 5.41) is 9.32. The summed E-state index contributed by atoms with van der Waals surface area (Å²) < 4.78 is 29.0. The van der Waals surface area contributed by atoms with E-state index in [4.69, 9.17) is 16.7 Å². The van der Waals surface area contributed by atoms with Gasteiger partial charge in [0.2, 0.25) is 10.0 Å². The van der Waals surface area contributed by atoms with Gasteiger partial charge >= 0.3 is 5.97 Å². The number of carbonyl (C=O) groups is 1. The number of unbranched alkanes of at least 4 members (excludes halogenated alkanes) is 2. The Labute approximate surface area is 213 Å². The van der Waals surface area contributed by atoms with Crippen molar-refractivity contribution in [1.29, 1.82) is 0 Å². The highest BCUT2D eigenvalue weighted by molar-refractivity contribution is 7.89. The summed E-state index contributed by atoms with van der Waals surface area (Å²) in [7, 11) is -3.72. The maximum Gasteiger partial charge on any atom is 0.303 e. The van der Waals surface area contributed by atoms with Crippen molar-refractivity contribution in [2.24, 2.45) is 0 Å². The Bertz CT molecular complexity index is 1160. The summed E-state index contributed by atoms with van der Waals surface area (Å²) in [5.41, 5.74) is 3.25. The zero-order valence-corrected chi connectivity index (χ0v) is 21.3. The van der Waals surface area contributed by atoms with Gasteiger partial charge in [-0.05, 0) is 73.1 Å². The molecule has 0 saturated carbocycles. The lowest BCUT2D eigenvalue weighted by molar-refractivity contribution is -0.137. The van der Waals surface area contributed by atoms with Crippen molar-refractivity contribution < 1.29 is 18.3 Å². The van der Waals surface area contributed by atoms with Crippen LogP contribution in [-0.4, -0.2) is 19.5 Å². The normalized spacial score (nSPS) is 12.4. The molecule has 1 atom stereocenters. The van der Waals surface area contributed by atoms with Crippen molar-refractivity contribution in [3.8, 4) is 0 Å². The Balaban J connectivity index is 1.65. The Morgan fingerprint density at radius 2 is 1.43 bits per heavy atom. The van der Waals surface area contributed by atoms with Crippen molar-refractivity contribution in [2.45, 2.75) is 62.3 Å². The predicted molar refractivity (Wildman–Crippen MR) is 140 cm³/mol. The standard InChI is InChI=1S/C28H32ClNO4S/c29-25-18-20-26(21-19-25)35(33,34)30-27(12-6-2-5-10-22-8-3-1-4-9-22)24-16-14-23(15-17-24)11-7-13-28(31)32/h1,3-4,8-9,14-21,27,30H,2,5-7,10-13H2,(H,31,32). The first-order chi connectivity index (χ1) is 16.8. The molecule has 186 valence electrons. The first-order valence-corrected chi connectivity index (χ1v) is 13.8. The van der Waals surface area contributed by atoms with Gasteiger partial charge in [0.05, 0.1) is 4.90 Å². The number of benzene rings is 3. The Morgan fingerprint density at radius 1 is 0.800 bits per heavy atom. The summed E-state index contributed by atoms with van der Waals surface area (Å²) in [5.74, 6) is -0.800. The molecular formula is C28H32ClNO4S. The molecule has 5 nitrogen and oxygen atoms in total. The molecule has 0 aliphatic heterocycles. The van der Waals surface area contributed by atoms with Crippen LogP contribution in [0.15, 0.2) is 83.8 Å². The Kier molecular flexibility index (Phi) is 10.3. The van der Waals surface area contributed by atoms with E-state index in [1.165, 1.54) is 17.7 Å². The molecule has 2 N–H and O–H groups in total. The number of carboxylic acid groups (broad SMARTS) is 1. The highest BCUT2D eigenvalue weighted by Gasteiger charge is 2.21. The van der Waals surface area contributed by atoms with Gasteiger partial charge in [-0.3, -0.25) is 4.79 Å². The molecule has 0 saturated heterocycles. The molecule has 1 unspecified atom stereocenters. The maximum absolute atomic E-state index is 13.1. The van der Waals surface area contributed by atoms with E-state index in [1.54, 1.807) is 12.1 Å². The predicted octanol–water partition coefficient (Wildman–Crippen LogP) is 6.57. The molecule has 0 aliphatic rings. The van der Waals surface area contributed by atoms with Gasteiger partial charge in [0.1, 0.15) is 0 Å². The number of carboxylic acids is 1. The second kappa shape index (κ2) is 13.4.